The standard InChI is InChI=1S/C32H31NO2S5/c1-3-5-17-36-31-32(37-18-6-4-2)40-29(39-31)20-23-9-13-25(14-10-23)28-16-15-27(38-28)24-11-7-22(8-12-24)19-26(21-33)30(34)35/h7-16,19-20H,3-6,17-18H2,1-2H3,(H,34,35)/b26-19+. The van der Waals surface area contributed by atoms with Crippen molar-refractivity contribution >= 4 is 76.5 Å². The summed E-state index contributed by atoms with van der Waals surface area (Å²) in [7, 11) is 0. The van der Waals surface area contributed by atoms with Crippen LogP contribution in [0, 0.1) is 11.3 Å². The average Bonchev–Trinajstić information content (AvgIpc) is 3.60. The average molecular weight is 622 g/mol. The van der Waals surface area contributed by atoms with Gasteiger partial charge in [0, 0.05) is 9.75 Å². The highest BCUT2D eigenvalue weighted by molar-refractivity contribution is 8.40. The van der Waals surface area contributed by atoms with E-state index in [1.165, 1.54) is 72.0 Å². The Hall–Kier alpha value is -2.28. The van der Waals surface area contributed by atoms with Gasteiger partial charge in [0.1, 0.15) is 11.6 Å². The molecular formula is C32H31NO2S5. The summed E-state index contributed by atoms with van der Waals surface area (Å²) in [6, 6.07) is 22.4. The molecule has 3 nitrogen and oxygen atoms in total. The molecule has 0 amide bonds. The van der Waals surface area contributed by atoms with Crippen LogP contribution in [-0.4, -0.2) is 22.6 Å². The van der Waals surface area contributed by atoms with Crippen LogP contribution in [0.4, 0.5) is 0 Å². The number of carboxylic acid groups (broad SMARTS) is 1. The minimum Gasteiger partial charge on any atom is -0.477 e. The predicted molar refractivity (Wildman–Crippen MR) is 181 cm³/mol. The molecular weight excluding hydrogens is 591 g/mol. The Bertz CT molecular complexity index is 1420. The summed E-state index contributed by atoms with van der Waals surface area (Å²) < 4.78 is 4.31. The lowest BCUT2D eigenvalue weighted by Gasteiger charge is -2.03. The molecule has 0 saturated heterocycles. The predicted octanol–water partition coefficient (Wildman–Crippen LogP) is 11.0. The molecule has 4 rings (SSSR count). The fourth-order valence-corrected chi connectivity index (χ4v) is 10.8. The van der Waals surface area contributed by atoms with Gasteiger partial charge in [-0.15, -0.1) is 34.9 Å². The SMILES string of the molecule is CCCCSC1=C(SCCCC)SC(=Cc2ccc(-c3ccc(-c4ccc(/C=C(\C#N)C(=O)O)cc4)s3)cc2)S1. The molecule has 0 fully saturated rings. The first-order chi connectivity index (χ1) is 19.5. The Morgan fingerprint density at radius 2 is 1.32 bits per heavy atom. The first kappa shape index (κ1) is 30.7. The van der Waals surface area contributed by atoms with Crippen LogP contribution in [0.3, 0.4) is 0 Å². The number of hydrogen-bond acceptors (Lipinski definition) is 7. The topological polar surface area (TPSA) is 61.1 Å². The maximum absolute atomic E-state index is 11.1. The van der Waals surface area contributed by atoms with Crippen molar-refractivity contribution in [1.82, 2.24) is 0 Å². The summed E-state index contributed by atoms with van der Waals surface area (Å²) in [6.45, 7) is 4.50. The van der Waals surface area contributed by atoms with E-state index >= 15 is 0 Å². The van der Waals surface area contributed by atoms with Crippen LogP contribution in [0.5, 0.6) is 0 Å². The van der Waals surface area contributed by atoms with Gasteiger partial charge in [-0.05, 0) is 70.9 Å². The number of hydrogen-bond donors (Lipinski definition) is 1. The van der Waals surface area contributed by atoms with E-state index in [4.69, 9.17) is 10.4 Å². The zero-order valence-electron chi connectivity index (χ0n) is 22.5. The van der Waals surface area contributed by atoms with Gasteiger partial charge >= 0.3 is 5.97 Å². The van der Waals surface area contributed by atoms with Gasteiger partial charge in [-0.3, -0.25) is 0 Å². The highest BCUT2D eigenvalue weighted by atomic mass is 32.3. The summed E-state index contributed by atoms with van der Waals surface area (Å²) in [5, 5.41) is 18.0. The normalized spacial score (nSPS) is 13.5. The highest BCUT2D eigenvalue weighted by Gasteiger charge is 2.22. The lowest BCUT2D eigenvalue weighted by Crippen LogP contribution is -1.97. The number of thiophene rings is 1. The fourth-order valence-electron chi connectivity index (χ4n) is 3.72. The molecule has 40 heavy (non-hydrogen) atoms. The second-order valence-electron chi connectivity index (χ2n) is 9.03. The van der Waals surface area contributed by atoms with Crippen LogP contribution in [-0.2, 0) is 4.79 Å². The van der Waals surface area contributed by atoms with Crippen LogP contribution >= 0.6 is 58.4 Å². The van der Waals surface area contributed by atoms with Gasteiger partial charge in [-0.25, -0.2) is 4.79 Å². The van der Waals surface area contributed by atoms with E-state index in [9.17, 15) is 4.79 Å². The van der Waals surface area contributed by atoms with Gasteiger partial charge in [0.05, 0.1) is 12.7 Å². The van der Waals surface area contributed by atoms with Crippen LogP contribution in [0.25, 0.3) is 33.0 Å². The monoisotopic (exact) mass is 621 g/mol. The zero-order valence-corrected chi connectivity index (χ0v) is 26.6. The molecule has 0 spiro atoms. The number of nitriles is 1. The number of unbranched alkanes of at least 4 members (excludes halogenated alkanes) is 2. The number of rotatable bonds is 13. The molecule has 1 aromatic heterocycles. The third-order valence-electron chi connectivity index (χ3n) is 5.96. The molecule has 3 aromatic rings. The molecule has 0 saturated carbocycles. The van der Waals surface area contributed by atoms with E-state index in [0.29, 0.717) is 5.56 Å². The van der Waals surface area contributed by atoms with Gasteiger partial charge in [0.15, 0.2) is 0 Å². The summed E-state index contributed by atoms with van der Waals surface area (Å²) in [5.74, 6) is 1.16. The van der Waals surface area contributed by atoms with Crippen molar-refractivity contribution in [2.24, 2.45) is 0 Å². The van der Waals surface area contributed by atoms with Crippen molar-refractivity contribution in [3.63, 3.8) is 0 Å². The van der Waals surface area contributed by atoms with E-state index in [2.05, 4.69) is 56.3 Å². The molecule has 0 bridgehead atoms. The van der Waals surface area contributed by atoms with Crippen molar-refractivity contribution in [3.05, 3.63) is 90.1 Å². The molecule has 0 unspecified atom stereocenters. The second-order valence-corrected chi connectivity index (χ2v) is 15.2. The maximum atomic E-state index is 11.1. The molecule has 0 radical (unpaired) electrons. The third-order valence-corrected chi connectivity index (χ3v) is 12.7. The maximum Gasteiger partial charge on any atom is 0.346 e. The molecule has 2 aromatic carbocycles. The van der Waals surface area contributed by atoms with Gasteiger partial charge in [0.25, 0.3) is 0 Å². The largest absolute Gasteiger partial charge is 0.477 e. The van der Waals surface area contributed by atoms with Crippen LogP contribution < -0.4 is 0 Å². The van der Waals surface area contributed by atoms with Gasteiger partial charge < -0.3 is 5.11 Å². The first-order valence-electron chi connectivity index (χ1n) is 13.2. The smallest absolute Gasteiger partial charge is 0.346 e. The van der Waals surface area contributed by atoms with Crippen molar-refractivity contribution < 1.29 is 9.90 Å². The summed E-state index contributed by atoms with van der Waals surface area (Å²) in [6.07, 6.45) is 8.69. The van der Waals surface area contributed by atoms with Gasteiger partial charge in [0.2, 0.25) is 0 Å². The number of nitrogens with zero attached hydrogens (tertiary/aromatic N) is 1. The Balaban J connectivity index is 1.42. The third kappa shape index (κ3) is 8.61. The molecule has 206 valence electrons. The number of thioether (sulfide) groups is 4. The van der Waals surface area contributed by atoms with Crippen molar-refractivity contribution in [1.29, 1.82) is 5.26 Å². The van der Waals surface area contributed by atoms with Crippen molar-refractivity contribution in [2.45, 2.75) is 39.5 Å². The van der Waals surface area contributed by atoms with Crippen molar-refractivity contribution in [3.8, 4) is 27.0 Å². The number of benzene rings is 2. The molecule has 1 aliphatic heterocycles. The van der Waals surface area contributed by atoms with Gasteiger partial charge in [-0.2, -0.15) is 5.26 Å². The van der Waals surface area contributed by atoms with E-state index in [1.807, 2.05) is 71.3 Å². The van der Waals surface area contributed by atoms with Crippen LogP contribution in [0.15, 0.2) is 78.9 Å². The Morgan fingerprint density at radius 3 is 1.77 bits per heavy atom. The lowest BCUT2D eigenvalue weighted by atomic mass is 10.1. The Labute approximate surface area is 258 Å². The number of carboxylic acids is 1. The summed E-state index contributed by atoms with van der Waals surface area (Å²) >= 11 is 9.62. The summed E-state index contributed by atoms with van der Waals surface area (Å²) in [5.41, 5.74) is 3.89. The molecule has 1 N–H and O–H groups in total. The second kappa shape index (κ2) is 15.6. The number of carbonyl (C=O) groups is 1. The molecule has 2 heterocycles. The highest BCUT2D eigenvalue weighted by Crippen LogP contribution is 2.58. The van der Waals surface area contributed by atoms with E-state index in [1.54, 1.807) is 17.4 Å². The molecule has 0 atom stereocenters. The van der Waals surface area contributed by atoms with E-state index < -0.39 is 5.97 Å². The molecule has 1 aliphatic rings. The zero-order chi connectivity index (χ0) is 28.3. The minimum atomic E-state index is -1.22. The number of aliphatic carboxylic acids is 1. The molecule has 8 heteroatoms. The van der Waals surface area contributed by atoms with Crippen LogP contribution in [0.1, 0.15) is 50.7 Å². The fraction of sp³-hybridized carbons (Fsp3) is 0.250. The van der Waals surface area contributed by atoms with Crippen molar-refractivity contribution in [2.75, 3.05) is 11.5 Å². The first-order valence-corrected chi connectivity index (χ1v) is 17.7. The van der Waals surface area contributed by atoms with E-state index in [0.717, 1.165) is 10.4 Å². The molecule has 0 aliphatic carbocycles. The van der Waals surface area contributed by atoms with Crippen LogP contribution in [0.2, 0.25) is 0 Å². The quantitative estimate of drug-likeness (QED) is 0.116. The Kier molecular flexibility index (Phi) is 12.0. The summed E-state index contributed by atoms with van der Waals surface area (Å²) in [4.78, 5) is 13.4. The van der Waals surface area contributed by atoms with E-state index in [-0.39, 0.29) is 5.57 Å². The van der Waals surface area contributed by atoms with Gasteiger partial charge in [-0.1, -0.05) is 98.7 Å². The minimum absolute atomic E-state index is 0.274. The lowest BCUT2D eigenvalue weighted by molar-refractivity contribution is -0.132. The Morgan fingerprint density at radius 1 is 0.825 bits per heavy atom.